The highest BCUT2D eigenvalue weighted by Crippen LogP contribution is 2.27. The number of carbonyl (C=O) groups is 2. The number of rotatable bonds is 5. The van der Waals surface area contributed by atoms with Crippen LogP contribution in [0.3, 0.4) is 0 Å². The second kappa shape index (κ2) is 8.41. The number of aryl methyl sites for hydroxylation is 1. The normalized spacial score (nSPS) is 16.5. The summed E-state index contributed by atoms with van der Waals surface area (Å²) >= 11 is 7.46. The third-order valence-electron chi connectivity index (χ3n) is 4.09. The van der Waals surface area contributed by atoms with Crippen LogP contribution in [0.4, 0.5) is 5.69 Å². The summed E-state index contributed by atoms with van der Waals surface area (Å²) in [6.45, 7) is 0.390. The van der Waals surface area contributed by atoms with Gasteiger partial charge in [0.15, 0.2) is 0 Å². The van der Waals surface area contributed by atoms with Gasteiger partial charge in [-0.05, 0) is 36.1 Å². The van der Waals surface area contributed by atoms with Crippen LogP contribution in [-0.4, -0.2) is 22.8 Å². The van der Waals surface area contributed by atoms with Crippen molar-refractivity contribution >= 4 is 40.9 Å². The minimum Gasteiger partial charge on any atom is -0.351 e. The van der Waals surface area contributed by atoms with E-state index in [1.54, 1.807) is 6.07 Å². The lowest BCUT2D eigenvalue weighted by Gasteiger charge is -2.13. The van der Waals surface area contributed by atoms with Gasteiger partial charge >= 0.3 is 0 Å². The average Bonchev–Trinajstić information content (AvgIpc) is 2.77. The lowest BCUT2D eigenvalue weighted by Crippen LogP contribution is -2.29. The van der Waals surface area contributed by atoms with Gasteiger partial charge in [0.1, 0.15) is 0 Å². The molecule has 1 unspecified atom stereocenters. The second-order valence-electron chi connectivity index (χ2n) is 5.85. The molecule has 0 aliphatic carbocycles. The zero-order valence-electron chi connectivity index (χ0n) is 13.6. The molecule has 1 heterocycles. The van der Waals surface area contributed by atoms with Crippen molar-refractivity contribution in [3.8, 4) is 0 Å². The van der Waals surface area contributed by atoms with Gasteiger partial charge in [0.2, 0.25) is 11.8 Å². The molecule has 3 rings (SSSR count). The van der Waals surface area contributed by atoms with Gasteiger partial charge in [0.05, 0.1) is 11.0 Å². The summed E-state index contributed by atoms with van der Waals surface area (Å²) in [5.74, 6) is 0.118. The Morgan fingerprint density at radius 2 is 1.96 bits per heavy atom. The zero-order chi connectivity index (χ0) is 17.6. The number of benzene rings is 2. The quantitative estimate of drug-likeness (QED) is 0.840. The Balaban J connectivity index is 1.49. The summed E-state index contributed by atoms with van der Waals surface area (Å²) in [5.41, 5.74) is 2.89. The number of anilines is 1. The number of carbonyl (C=O) groups excluding carboxylic acids is 2. The van der Waals surface area contributed by atoms with Gasteiger partial charge in [0.25, 0.3) is 0 Å². The molecule has 130 valence electrons. The molecule has 0 radical (unpaired) electrons. The summed E-state index contributed by atoms with van der Waals surface area (Å²) in [6.07, 6.45) is 1.55. The van der Waals surface area contributed by atoms with E-state index in [0.717, 1.165) is 29.7 Å². The molecular formula is C19H19ClN2O2S. The molecule has 4 nitrogen and oxygen atoms in total. The molecule has 2 amide bonds. The summed E-state index contributed by atoms with van der Waals surface area (Å²) in [5, 5.41) is 6.22. The molecule has 25 heavy (non-hydrogen) atoms. The number of nitrogens with one attached hydrogen (secondary N) is 2. The lowest BCUT2D eigenvalue weighted by atomic mass is 10.1. The number of hydrogen-bond acceptors (Lipinski definition) is 3. The maximum Gasteiger partial charge on any atom is 0.237 e. The molecule has 0 fully saturated rings. The maximum atomic E-state index is 12.3. The average molecular weight is 375 g/mol. The molecule has 0 bridgehead atoms. The second-order valence-corrected chi connectivity index (χ2v) is 7.45. The van der Waals surface area contributed by atoms with Gasteiger partial charge in [-0.3, -0.25) is 9.59 Å². The lowest BCUT2D eigenvalue weighted by molar-refractivity contribution is -0.118. The monoisotopic (exact) mass is 374 g/mol. The highest BCUT2D eigenvalue weighted by Gasteiger charge is 2.24. The molecule has 6 heteroatoms. The molecule has 2 aromatic carbocycles. The Labute approximate surface area is 156 Å². The fraction of sp³-hybridized carbons (Fsp3) is 0.263. The number of para-hydroxylation sites is 1. The van der Waals surface area contributed by atoms with E-state index in [4.69, 9.17) is 11.6 Å². The highest BCUT2D eigenvalue weighted by molar-refractivity contribution is 8.01. The van der Waals surface area contributed by atoms with Gasteiger partial charge in [-0.25, -0.2) is 0 Å². The van der Waals surface area contributed by atoms with E-state index >= 15 is 0 Å². The Bertz CT molecular complexity index is 782. The van der Waals surface area contributed by atoms with Gasteiger partial charge in [-0.2, -0.15) is 0 Å². The van der Waals surface area contributed by atoms with Crippen LogP contribution in [-0.2, 0) is 22.6 Å². The SMILES string of the molecule is O=C(CSC1CCc2ccccc2NC1=O)NCc1ccccc1Cl. The minimum absolute atomic E-state index is 0.0335. The third kappa shape index (κ3) is 4.77. The molecule has 1 aliphatic heterocycles. The van der Waals surface area contributed by atoms with Crippen LogP contribution in [0.1, 0.15) is 17.5 Å². The third-order valence-corrected chi connectivity index (χ3v) is 5.74. The number of hydrogen-bond donors (Lipinski definition) is 2. The molecule has 0 spiro atoms. The molecule has 2 N–H and O–H groups in total. The first-order valence-corrected chi connectivity index (χ1v) is 9.56. The Morgan fingerprint density at radius 1 is 1.20 bits per heavy atom. The van der Waals surface area contributed by atoms with Crippen molar-refractivity contribution in [3.05, 3.63) is 64.7 Å². The van der Waals surface area contributed by atoms with Crippen LogP contribution in [0.2, 0.25) is 5.02 Å². The molecule has 0 aromatic heterocycles. The first kappa shape index (κ1) is 17.8. The van der Waals surface area contributed by atoms with E-state index in [1.807, 2.05) is 42.5 Å². The molecule has 2 aromatic rings. The standard InChI is InChI=1S/C19H19ClN2O2S/c20-15-7-3-1-6-14(15)11-21-18(23)12-25-17-10-9-13-5-2-4-8-16(13)22-19(17)24/h1-8,17H,9-12H2,(H,21,23)(H,22,24). The van der Waals surface area contributed by atoms with Gasteiger partial charge in [-0.1, -0.05) is 48.0 Å². The Kier molecular flexibility index (Phi) is 6.00. The fourth-order valence-electron chi connectivity index (χ4n) is 2.71. The van der Waals surface area contributed by atoms with Crippen LogP contribution in [0.5, 0.6) is 0 Å². The molecular weight excluding hydrogens is 356 g/mol. The minimum atomic E-state index is -0.224. The van der Waals surface area contributed by atoms with Crippen molar-refractivity contribution in [1.29, 1.82) is 0 Å². The van der Waals surface area contributed by atoms with Crippen LogP contribution in [0.25, 0.3) is 0 Å². The van der Waals surface area contributed by atoms with Crippen LogP contribution < -0.4 is 10.6 Å². The first-order chi connectivity index (χ1) is 12.1. The number of thioether (sulfide) groups is 1. The predicted octanol–water partition coefficient (Wildman–Crippen LogP) is 3.64. The van der Waals surface area contributed by atoms with E-state index in [-0.39, 0.29) is 22.8 Å². The fourth-order valence-corrected chi connectivity index (χ4v) is 3.87. The number of halogens is 1. The summed E-state index contributed by atoms with van der Waals surface area (Å²) in [6, 6.07) is 15.2. The van der Waals surface area contributed by atoms with E-state index in [1.165, 1.54) is 11.8 Å². The molecule has 1 atom stereocenters. The van der Waals surface area contributed by atoms with Crippen molar-refractivity contribution in [2.24, 2.45) is 0 Å². The summed E-state index contributed by atoms with van der Waals surface area (Å²) in [7, 11) is 0. The van der Waals surface area contributed by atoms with Gasteiger partial charge < -0.3 is 10.6 Å². The van der Waals surface area contributed by atoms with Gasteiger partial charge in [-0.15, -0.1) is 11.8 Å². The maximum absolute atomic E-state index is 12.3. The van der Waals surface area contributed by atoms with Crippen molar-refractivity contribution in [1.82, 2.24) is 5.32 Å². The van der Waals surface area contributed by atoms with E-state index < -0.39 is 0 Å². The molecule has 1 aliphatic rings. The predicted molar refractivity (Wildman–Crippen MR) is 103 cm³/mol. The van der Waals surface area contributed by atoms with Crippen molar-refractivity contribution in [3.63, 3.8) is 0 Å². The number of fused-ring (bicyclic) bond motifs is 1. The Hall–Kier alpha value is -1.98. The van der Waals surface area contributed by atoms with E-state index in [9.17, 15) is 9.59 Å². The van der Waals surface area contributed by atoms with Crippen LogP contribution in [0, 0.1) is 0 Å². The zero-order valence-corrected chi connectivity index (χ0v) is 15.2. The van der Waals surface area contributed by atoms with E-state index in [0.29, 0.717) is 11.6 Å². The van der Waals surface area contributed by atoms with Crippen LogP contribution >= 0.6 is 23.4 Å². The first-order valence-electron chi connectivity index (χ1n) is 8.14. The van der Waals surface area contributed by atoms with Crippen molar-refractivity contribution in [2.45, 2.75) is 24.6 Å². The van der Waals surface area contributed by atoms with Crippen LogP contribution in [0.15, 0.2) is 48.5 Å². The smallest absolute Gasteiger partial charge is 0.237 e. The summed E-state index contributed by atoms with van der Waals surface area (Å²) < 4.78 is 0. The molecule has 0 saturated carbocycles. The van der Waals surface area contributed by atoms with Gasteiger partial charge in [0, 0.05) is 17.3 Å². The van der Waals surface area contributed by atoms with Crippen molar-refractivity contribution in [2.75, 3.05) is 11.1 Å². The van der Waals surface area contributed by atoms with E-state index in [2.05, 4.69) is 10.6 Å². The van der Waals surface area contributed by atoms with Crippen molar-refractivity contribution < 1.29 is 9.59 Å². The number of amides is 2. The Morgan fingerprint density at radius 3 is 2.80 bits per heavy atom. The highest BCUT2D eigenvalue weighted by atomic mass is 35.5. The molecule has 0 saturated heterocycles. The largest absolute Gasteiger partial charge is 0.351 e. The topological polar surface area (TPSA) is 58.2 Å². The summed E-state index contributed by atoms with van der Waals surface area (Å²) in [4.78, 5) is 24.4.